The Morgan fingerprint density at radius 2 is 2.18 bits per heavy atom. The zero-order chi connectivity index (χ0) is 7.84. The van der Waals surface area contributed by atoms with E-state index in [9.17, 15) is 0 Å². The molecule has 2 aliphatic carbocycles. The third-order valence-corrected chi connectivity index (χ3v) is 3.52. The van der Waals surface area contributed by atoms with Gasteiger partial charge in [0.05, 0.1) is 0 Å². The first-order valence-electron chi connectivity index (χ1n) is 4.69. The highest BCUT2D eigenvalue weighted by atomic mass is 14.6. The lowest BCUT2D eigenvalue weighted by Crippen LogP contribution is -2.17. The van der Waals surface area contributed by atoms with Crippen molar-refractivity contribution in [1.82, 2.24) is 0 Å². The van der Waals surface area contributed by atoms with Crippen molar-refractivity contribution in [2.45, 2.75) is 25.7 Å². The van der Waals surface area contributed by atoms with E-state index < -0.39 is 0 Å². The molecule has 0 heterocycles. The van der Waals surface area contributed by atoms with Gasteiger partial charge in [0.15, 0.2) is 0 Å². The molecule has 0 radical (unpaired) electrons. The number of fused-ring (bicyclic) bond motifs is 2. The number of nitrogens with two attached hydrogens (primary N) is 1. The van der Waals surface area contributed by atoms with Gasteiger partial charge in [-0.3, -0.25) is 0 Å². The summed E-state index contributed by atoms with van der Waals surface area (Å²) >= 11 is 0. The molecule has 3 unspecified atom stereocenters. The van der Waals surface area contributed by atoms with Crippen LogP contribution in [0.3, 0.4) is 0 Å². The molecule has 0 saturated heterocycles. The largest absolute Gasteiger partial charge is 0.327 e. The molecule has 2 rings (SSSR count). The molecule has 0 aliphatic heterocycles. The minimum Gasteiger partial charge on any atom is -0.327 e. The smallest absolute Gasteiger partial charge is 0.0137 e. The Balaban J connectivity index is 2.02. The van der Waals surface area contributed by atoms with Crippen molar-refractivity contribution in [1.29, 1.82) is 0 Å². The molecule has 3 atom stereocenters. The van der Waals surface area contributed by atoms with Crippen LogP contribution < -0.4 is 5.73 Å². The summed E-state index contributed by atoms with van der Waals surface area (Å²) in [6.07, 6.45) is 5.76. The Morgan fingerprint density at radius 1 is 1.36 bits per heavy atom. The average Bonchev–Trinajstić information content (AvgIpc) is 2.62. The van der Waals surface area contributed by atoms with Gasteiger partial charge in [-0.25, -0.2) is 0 Å². The van der Waals surface area contributed by atoms with Crippen LogP contribution in [0.25, 0.3) is 0 Å². The van der Waals surface area contributed by atoms with Gasteiger partial charge in [0.2, 0.25) is 0 Å². The summed E-state index contributed by atoms with van der Waals surface area (Å²) in [6.45, 7) is 4.75. The quantitative estimate of drug-likeness (QED) is 0.600. The number of rotatable bonds is 2. The minimum absolute atomic E-state index is 0.702. The summed E-state index contributed by atoms with van der Waals surface area (Å²) in [5.74, 6) is 2.77. The number of hydrogen-bond donors (Lipinski definition) is 1. The maximum absolute atomic E-state index is 5.58. The third kappa shape index (κ3) is 1.12. The molecule has 1 heteroatoms. The van der Waals surface area contributed by atoms with Crippen LogP contribution in [-0.2, 0) is 0 Å². The molecule has 0 amide bonds. The van der Waals surface area contributed by atoms with E-state index in [1.807, 2.05) is 0 Å². The van der Waals surface area contributed by atoms with Crippen LogP contribution >= 0.6 is 0 Å². The van der Waals surface area contributed by atoms with Crippen molar-refractivity contribution in [3.63, 3.8) is 0 Å². The van der Waals surface area contributed by atoms with E-state index in [-0.39, 0.29) is 0 Å². The van der Waals surface area contributed by atoms with Crippen molar-refractivity contribution in [2.75, 3.05) is 6.54 Å². The lowest BCUT2D eigenvalue weighted by Gasteiger charge is -2.22. The van der Waals surface area contributed by atoms with Gasteiger partial charge in [-0.2, -0.15) is 0 Å². The molecule has 0 aromatic carbocycles. The second-order valence-electron chi connectivity index (χ2n) is 4.14. The van der Waals surface area contributed by atoms with E-state index in [2.05, 4.69) is 6.58 Å². The van der Waals surface area contributed by atoms with Gasteiger partial charge in [0.1, 0.15) is 0 Å². The van der Waals surface area contributed by atoms with Gasteiger partial charge in [-0.15, -0.1) is 0 Å². The Hall–Kier alpha value is -0.300. The van der Waals surface area contributed by atoms with Crippen molar-refractivity contribution in [2.24, 2.45) is 23.5 Å². The van der Waals surface area contributed by atoms with Crippen LogP contribution in [0, 0.1) is 17.8 Å². The van der Waals surface area contributed by atoms with Crippen LogP contribution in [0.4, 0.5) is 0 Å². The first kappa shape index (κ1) is 7.35. The minimum atomic E-state index is 0.702. The lowest BCUT2D eigenvalue weighted by molar-refractivity contribution is 0.376. The van der Waals surface area contributed by atoms with E-state index in [1.165, 1.54) is 31.3 Å². The SMILES string of the molecule is C=C(CN)C1CC2CCC1C2. The van der Waals surface area contributed by atoms with E-state index in [0.29, 0.717) is 6.54 Å². The maximum atomic E-state index is 5.58. The van der Waals surface area contributed by atoms with Crippen molar-refractivity contribution in [3.8, 4) is 0 Å². The monoisotopic (exact) mass is 151 g/mol. The van der Waals surface area contributed by atoms with Crippen molar-refractivity contribution >= 4 is 0 Å². The first-order chi connectivity index (χ1) is 5.31. The summed E-state index contributed by atoms with van der Waals surface area (Å²) in [7, 11) is 0. The maximum Gasteiger partial charge on any atom is 0.0137 e. The zero-order valence-corrected chi connectivity index (χ0v) is 7.05. The van der Waals surface area contributed by atoms with Gasteiger partial charge in [0, 0.05) is 6.54 Å². The topological polar surface area (TPSA) is 26.0 Å². The summed E-state index contributed by atoms with van der Waals surface area (Å²) in [5, 5.41) is 0. The van der Waals surface area contributed by atoms with Crippen LogP contribution in [0.15, 0.2) is 12.2 Å². The highest BCUT2D eigenvalue weighted by Gasteiger charge is 2.39. The molecule has 11 heavy (non-hydrogen) atoms. The van der Waals surface area contributed by atoms with Crippen molar-refractivity contribution < 1.29 is 0 Å². The second-order valence-corrected chi connectivity index (χ2v) is 4.14. The predicted molar refractivity (Wildman–Crippen MR) is 47.1 cm³/mol. The Morgan fingerprint density at radius 3 is 2.64 bits per heavy atom. The highest BCUT2D eigenvalue weighted by molar-refractivity contribution is 5.09. The normalized spacial score (nSPS) is 41.4. The molecular formula is C10H17N. The third-order valence-electron chi connectivity index (χ3n) is 3.52. The fourth-order valence-corrected chi connectivity index (χ4v) is 2.90. The second kappa shape index (κ2) is 2.63. The van der Waals surface area contributed by atoms with Crippen LogP contribution in [-0.4, -0.2) is 6.54 Å². The van der Waals surface area contributed by atoms with E-state index in [1.54, 1.807) is 0 Å². The lowest BCUT2D eigenvalue weighted by atomic mass is 9.84. The molecule has 1 nitrogen and oxygen atoms in total. The van der Waals surface area contributed by atoms with E-state index in [0.717, 1.165) is 17.8 Å². The fraction of sp³-hybridized carbons (Fsp3) is 0.800. The molecule has 0 aromatic rings. The molecule has 62 valence electrons. The molecule has 2 saturated carbocycles. The molecule has 2 N–H and O–H groups in total. The first-order valence-corrected chi connectivity index (χ1v) is 4.69. The van der Waals surface area contributed by atoms with Crippen LogP contribution in [0.1, 0.15) is 25.7 Å². The van der Waals surface area contributed by atoms with E-state index >= 15 is 0 Å². The standard InChI is InChI=1S/C10H17N/c1-7(6-11)10-5-8-2-3-9(10)4-8/h8-10H,1-6,11H2. The molecule has 2 aliphatic rings. The fourth-order valence-electron chi connectivity index (χ4n) is 2.90. The van der Waals surface area contributed by atoms with E-state index in [4.69, 9.17) is 5.73 Å². The van der Waals surface area contributed by atoms with Gasteiger partial charge in [0.25, 0.3) is 0 Å². The van der Waals surface area contributed by atoms with Crippen molar-refractivity contribution in [3.05, 3.63) is 12.2 Å². The number of hydrogen-bond acceptors (Lipinski definition) is 1. The summed E-state index contributed by atoms with van der Waals surface area (Å²) in [5.41, 5.74) is 6.89. The predicted octanol–water partition coefficient (Wildman–Crippen LogP) is 1.94. The molecular weight excluding hydrogens is 134 g/mol. The molecule has 2 bridgehead atoms. The van der Waals surface area contributed by atoms with Crippen LogP contribution in [0.5, 0.6) is 0 Å². The van der Waals surface area contributed by atoms with Crippen LogP contribution in [0.2, 0.25) is 0 Å². The Kier molecular flexibility index (Phi) is 1.76. The van der Waals surface area contributed by atoms with Gasteiger partial charge in [-0.1, -0.05) is 18.6 Å². The highest BCUT2D eigenvalue weighted by Crippen LogP contribution is 2.50. The Bertz CT molecular complexity index is 174. The van der Waals surface area contributed by atoms with Gasteiger partial charge >= 0.3 is 0 Å². The zero-order valence-electron chi connectivity index (χ0n) is 7.05. The van der Waals surface area contributed by atoms with Gasteiger partial charge < -0.3 is 5.73 Å². The molecule has 0 aromatic heterocycles. The Labute approximate surface area is 68.7 Å². The molecule has 2 fully saturated rings. The summed E-state index contributed by atoms with van der Waals surface area (Å²) < 4.78 is 0. The average molecular weight is 151 g/mol. The molecule has 0 spiro atoms. The summed E-state index contributed by atoms with van der Waals surface area (Å²) in [6, 6.07) is 0. The van der Waals surface area contributed by atoms with Gasteiger partial charge in [-0.05, 0) is 37.0 Å². The summed E-state index contributed by atoms with van der Waals surface area (Å²) in [4.78, 5) is 0.